The van der Waals surface area contributed by atoms with Gasteiger partial charge in [0.05, 0.1) is 0 Å². The van der Waals surface area contributed by atoms with Gasteiger partial charge in [0.2, 0.25) is 5.91 Å². The number of hydrogen-bond acceptors (Lipinski definition) is 3. The van der Waals surface area contributed by atoms with E-state index < -0.39 is 0 Å². The van der Waals surface area contributed by atoms with E-state index in [9.17, 15) is 4.79 Å². The minimum Gasteiger partial charge on any atom is -0.356 e. The van der Waals surface area contributed by atoms with Crippen LogP contribution in [0, 0.1) is 6.92 Å². The number of carbonyl (C=O) groups excluding carboxylic acids is 1. The molecule has 1 aromatic carbocycles. The van der Waals surface area contributed by atoms with Crippen molar-refractivity contribution in [1.29, 1.82) is 0 Å². The molecule has 114 valence electrons. The van der Waals surface area contributed by atoms with E-state index in [4.69, 9.17) is 0 Å². The Balaban J connectivity index is 1.92. The lowest BCUT2D eigenvalue weighted by Crippen LogP contribution is -2.29. The predicted molar refractivity (Wildman–Crippen MR) is 90.9 cm³/mol. The number of rotatable bonds is 7. The molecule has 1 atom stereocenters. The molecular weight excluding hydrogens is 280 g/mol. The fraction of sp³-hybridized carbons (Fsp3) is 0.471. The molecule has 2 N–H and O–H groups in total. The highest BCUT2D eigenvalue weighted by molar-refractivity contribution is 7.19. The van der Waals surface area contributed by atoms with Gasteiger partial charge in [0.25, 0.3) is 0 Å². The normalized spacial score (nSPS) is 12.5. The van der Waals surface area contributed by atoms with Crippen molar-refractivity contribution in [3.05, 3.63) is 34.7 Å². The highest BCUT2D eigenvalue weighted by atomic mass is 32.1. The van der Waals surface area contributed by atoms with Crippen LogP contribution in [0.5, 0.6) is 0 Å². The molecule has 1 heterocycles. The first-order valence-corrected chi connectivity index (χ1v) is 8.43. The van der Waals surface area contributed by atoms with Crippen molar-refractivity contribution >= 4 is 27.3 Å². The van der Waals surface area contributed by atoms with Gasteiger partial charge >= 0.3 is 0 Å². The number of carbonyl (C=O) groups is 1. The number of benzene rings is 1. The lowest BCUT2D eigenvalue weighted by molar-refractivity contribution is -0.121. The summed E-state index contributed by atoms with van der Waals surface area (Å²) in [7, 11) is 0. The highest BCUT2D eigenvalue weighted by Crippen LogP contribution is 2.34. The molecule has 0 aliphatic carbocycles. The maximum Gasteiger partial charge on any atom is 0.221 e. The van der Waals surface area contributed by atoms with E-state index in [1.54, 1.807) is 0 Å². The van der Waals surface area contributed by atoms with Gasteiger partial charge in [-0.15, -0.1) is 11.3 Å². The third-order valence-corrected chi connectivity index (χ3v) is 5.10. The van der Waals surface area contributed by atoms with Crippen LogP contribution in [-0.4, -0.2) is 19.0 Å². The van der Waals surface area contributed by atoms with Crippen molar-refractivity contribution in [1.82, 2.24) is 10.6 Å². The molecule has 0 bridgehead atoms. The first kappa shape index (κ1) is 16.0. The molecule has 1 amide bonds. The van der Waals surface area contributed by atoms with Gasteiger partial charge in [-0.05, 0) is 37.3 Å². The Bertz CT molecular complexity index is 606. The maximum absolute atomic E-state index is 11.6. The zero-order valence-electron chi connectivity index (χ0n) is 13.0. The van der Waals surface area contributed by atoms with Crippen molar-refractivity contribution < 1.29 is 4.79 Å². The number of amides is 1. The Hall–Kier alpha value is -1.39. The van der Waals surface area contributed by atoms with Crippen molar-refractivity contribution in [3.8, 4) is 0 Å². The molecule has 0 fully saturated rings. The maximum atomic E-state index is 11.6. The van der Waals surface area contributed by atoms with Crippen molar-refractivity contribution in [2.75, 3.05) is 13.1 Å². The van der Waals surface area contributed by atoms with E-state index in [0.29, 0.717) is 13.0 Å². The molecule has 2 rings (SSSR count). The molecule has 0 radical (unpaired) electrons. The fourth-order valence-electron chi connectivity index (χ4n) is 2.45. The molecule has 0 aliphatic heterocycles. The first-order valence-electron chi connectivity index (χ1n) is 7.61. The largest absolute Gasteiger partial charge is 0.356 e. The lowest BCUT2D eigenvalue weighted by atomic mass is 10.1. The topological polar surface area (TPSA) is 41.1 Å². The molecule has 1 aromatic heterocycles. The fourth-order valence-corrected chi connectivity index (χ4v) is 3.69. The number of aryl methyl sites for hydroxylation is 1. The van der Waals surface area contributed by atoms with E-state index in [1.807, 2.05) is 11.3 Å². The summed E-state index contributed by atoms with van der Waals surface area (Å²) in [6.07, 6.45) is 1.52. The summed E-state index contributed by atoms with van der Waals surface area (Å²) in [5.41, 5.74) is 1.35. The van der Waals surface area contributed by atoms with Crippen molar-refractivity contribution in [2.45, 2.75) is 39.7 Å². The van der Waals surface area contributed by atoms with E-state index in [0.717, 1.165) is 13.0 Å². The van der Waals surface area contributed by atoms with Gasteiger partial charge in [0, 0.05) is 35.1 Å². The van der Waals surface area contributed by atoms with Crippen LogP contribution in [0.4, 0.5) is 0 Å². The molecule has 0 spiro atoms. The van der Waals surface area contributed by atoms with E-state index in [1.165, 1.54) is 20.5 Å². The number of hydrogen-bond donors (Lipinski definition) is 2. The summed E-state index contributed by atoms with van der Waals surface area (Å²) in [6.45, 7) is 7.89. The minimum atomic E-state index is 0.129. The SMILES string of the molecule is CCCNC(=O)CCNC(C)c1sc2ccccc2c1C. The van der Waals surface area contributed by atoms with Crippen LogP contribution in [-0.2, 0) is 4.79 Å². The molecule has 3 nitrogen and oxygen atoms in total. The Labute approximate surface area is 130 Å². The predicted octanol–water partition coefficient (Wildman–Crippen LogP) is 3.78. The van der Waals surface area contributed by atoms with Gasteiger partial charge < -0.3 is 10.6 Å². The monoisotopic (exact) mass is 304 g/mol. The summed E-state index contributed by atoms with van der Waals surface area (Å²) in [5, 5.41) is 7.70. The smallest absolute Gasteiger partial charge is 0.221 e. The van der Waals surface area contributed by atoms with Gasteiger partial charge in [-0.3, -0.25) is 4.79 Å². The quantitative estimate of drug-likeness (QED) is 0.817. The summed E-state index contributed by atoms with van der Waals surface area (Å²) in [6, 6.07) is 8.79. The van der Waals surface area contributed by atoms with E-state index in [-0.39, 0.29) is 11.9 Å². The summed E-state index contributed by atoms with van der Waals surface area (Å²) < 4.78 is 1.33. The second-order valence-electron chi connectivity index (χ2n) is 5.36. The Kier molecular flexibility index (Phi) is 5.76. The van der Waals surface area contributed by atoms with Crippen molar-refractivity contribution in [3.63, 3.8) is 0 Å². The molecule has 2 aromatic rings. The molecule has 0 saturated heterocycles. The van der Waals surface area contributed by atoms with E-state index >= 15 is 0 Å². The Morgan fingerprint density at radius 3 is 2.76 bits per heavy atom. The highest BCUT2D eigenvalue weighted by Gasteiger charge is 2.14. The molecule has 1 unspecified atom stereocenters. The van der Waals surface area contributed by atoms with Gasteiger partial charge in [0.1, 0.15) is 0 Å². The third-order valence-electron chi connectivity index (χ3n) is 3.65. The van der Waals surface area contributed by atoms with Crippen molar-refractivity contribution in [2.24, 2.45) is 0 Å². The second kappa shape index (κ2) is 7.57. The van der Waals surface area contributed by atoms with Gasteiger partial charge in [-0.25, -0.2) is 0 Å². The molecule has 4 heteroatoms. The zero-order valence-corrected chi connectivity index (χ0v) is 13.8. The summed E-state index contributed by atoms with van der Waals surface area (Å²) >= 11 is 1.84. The molecule has 0 saturated carbocycles. The van der Waals surface area contributed by atoms with Crippen LogP contribution in [0.25, 0.3) is 10.1 Å². The van der Waals surface area contributed by atoms with Crippen LogP contribution in [0.3, 0.4) is 0 Å². The average molecular weight is 304 g/mol. The van der Waals surface area contributed by atoms with E-state index in [2.05, 4.69) is 55.7 Å². The second-order valence-corrected chi connectivity index (χ2v) is 6.45. The first-order chi connectivity index (χ1) is 10.1. The lowest BCUT2D eigenvalue weighted by Gasteiger charge is -2.13. The zero-order chi connectivity index (χ0) is 15.2. The Morgan fingerprint density at radius 2 is 2.05 bits per heavy atom. The number of fused-ring (bicyclic) bond motifs is 1. The molecule has 21 heavy (non-hydrogen) atoms. The number of nitrogens with one attached hydrogen (secondary N) is 2. The average Bonchev–Trinajstić information content (AvgIpc) is 2.83. The van der Waals surface area contributed by atoms with Gasteiger partial charge in [0.15, 0.2) is 0 Å². The Morgan fingerprint density at radius 1 is 1.29 bits per heavy atom. The van der Waals surface area contributed by atoms with Crippen LogP contribution < -0.4 is 10.6 Å². The van der Waals surface area contributed by atoms with Crippen LogP contribution in [0.15, 0.2) is 24.3 Å². The minimum absolute atomic E-state index is 0.129. The summed E-state index contributed by atoms with van der Waals surface area (Å²) in [4.78, 5) is 12.9. The summed E-state index contributed by atoms with van der Waals surface area (Å²) in [5.74, 6) is 0.129. The van der Waals surface area contributed by atoms with Gasteiger partial charge in [-0.2, -0.15) is 0 Å². The van der Waals surface area contributed by atoms with Crippen LogP contribution in [0.2, 0.25) is 0 Å². The molecule has 0 aliphatic rings. The van der Waals surface area contributed by atoms with Crippen LogP contribution >= 0.6 is 11.3 Å². The third kappa shape index (κ3) is 4.05. The number of thiophene rings is 1. The molecular formula is C17H24N2OS. The van der Waals surface area contributed by atoms with Gasteiger partial charge in [-0.1, -0.05) is 25.1 Å². The van der Waals surface area contributed by atoms with Crippen LogP contribution in [0.1, 0.15) is 43.2 Å². The standard InChI is InChI=1S/C17H24N2OS/c1-4-10-19-16(20)9-11-18-13(3)17-12(2)14-7-5-6-8-15(14)21-17/h5-8,13,18H,4,9-11H2,1-3H3,(H,19,20).